The van der Waals surface area contributed by atoms with Crippen LogP contribution in [0.5, 0.6) is 0 Å². The van der Waals surface area contributed by atoms with Crippen LogP contribution < -0.4 is 4.90 Å². The van der Waals surface area contributed by atoms with E-state index in [4.69, 9.17) is 0 Å². The summed E-state index contributed by atoms with van der Waals surface area (Å²) < 4.78 is 1.88. The Balaban J connectivity index is 0.000000364. The van der Waals surface area contributed by atoms with E-state index in [-0.39, 0.29) is 10.6 Å². The summed E-state index contributed by atoms with van der Waals surface area (Å²) in [4.78, 5) is 20.1. The van der Waals surface area contributed by atoms with Crippen LogP contribution >= 0.6 is 0 Å². The van der Waals surface area contributed by atoms with E-state index >= 15 is 0 Å². The minimum Gasteiger partial charge on any atom is -0.372 e. The fourth-order valence-corrected chi connectivity index (χ4v) is 3.09. The molecule has 0 aliphatic carbocycles. The molecule has 2 aromatic heterocycles. The van der Waals surface area contributed by atoms with Crippen LogP contribution in [-0.4, -0.2) is 48.0 Å². The van der Waals surface area contributed by atoms with E-state index in [0.717, 1.165) is 44.6 Å². The van der Waals surface area contributed by atoms with Crippen molar-refractivity contribution < 1.29 is 4.92 Å². The smallest absolute Gasteiger partial charge is 0.269 e. The molecule has 0 amide bonds. The molecule has 10 nitrogen and oxygen atoms in total. The first-order chi connectivity index (χ1) is 13.2. The minimum absolute atomic E-state index is 0.145. The minimum atomic E-state index is -0.361. The maximum Gasteiger partial charge on any atom is 0.269 e. The lowest BCUT2D eigenvalue weighted by molar-refractivity contribution is -0.384. The Morgan fingerprint density at radius 3 is 2.44 bits per heavy atom. The Labute approximate surface area is 156 Å². The third-order valence-corrected chi connectivity index (χ3v) is 4.60. The Morgan fingerprint density at radius 2 is 1.93 bits per heavy atom. The number of aryl methyl sites for hydroxylation is 1. The van der Waals surface area contributed by atoms with Gasteiger partial charge in [0, 0.05) is 37.5 Å². The number of nitrogens with zero attached hydrogens (tertiary/aromatic N) is 7. The number of hydrogen-bond donors (Lipinski definition) is 1. The van der Waals surface area contributed by atoms with Gasteiger partial charge in [0.05, 0.1) is 4.92 Å². The van der Waals surface area contributed by atoms with E-state index in [0.29, 0.717) is 5.92 Å². The molecule has 1 aromatic carbocycles. The van der Waals surface area contributed by atoms with Gasteiger partial charge in [-0.2, -0.15) is 10.2 Å². The lowest BCUT2D eigenvalue weighted by Gasteiger charge is -2.33. The number of aromatic nitrogens is 6. The largest absolute Gasteiger partial charge is 0.372 e. The predicted octanol–water partition coefficient (Wildman–Crippen LogP) is 2.30. The van der Waals surface area contributed by atoms with Gasteiger partial charge in [-0.3, -0.25) is 19.9 Å². The monoisotopic (exact) mass is 370 g/mol. The quantitative estimate of drug-likeness (QED) is 0.540. The van der Waals surface area contributed by atoms with Crippen molar-refractivity contribution in [2.24, 2.45) is 5.92 Å². The highest BCUT2D eigenvalue weighted by atomic mass is 16.6. The van der Waals surface area contributed by atoms with Gasteiger partial charge in [-0.05, 0) is 37.3 Å². The summed E-state index contributed by atoms with van der Waals surface area (Å²) in [6.07, 6.45) is 9.69. The molecule has 3 heterocycles. The zero-order chi connectivity index (χ0) is 18.9. The molecule has 0 bridgehead atoms. The van der Waals surface area contributed by atoms with Crippen LogP contribution in [0.1, 0.15) is 19.3 Å². The first-order valence-electron chi connectivity index (χ1n) is 8.83. The van der Waals surface area contributed by atoms with Crippen molar-refractivity contribution in [3.05, 3.63) is 59.7 Å². The highest BCUT2D eigenvalue weighted by Gasteiger charge is 2.20. The first kappa shape index (κ1) is 18.5. The van der Waals surface area contributed by atoms with Crippen LogP contribution in [0.15, 0.2) is 49.6 Å². The van der Waals surface area contributed by atoms with E-state index in [1.165, 1.54) is 12.7 Å². The van der Waals surface area contributed by atoms with Crippen LogP contribution in [0.25, 0.3) is 0 Å². The van der Waals surface area contributed by atoms with Crippen LogP contribution in [0.2, 0.25) is 0 Å². The van der Waals surface area contributed by atoms with Crippen molar-refractivity contribution in [1.29, 1.82) is 0 Å². The third-order valence-electron chi connectivity index (χ3n) is 4.60. The first-order valence-corrected chi connectivity index (χ1v) is 8.83. The fourth-order valence-electron chi connectivity index (χ4n) is 3.09. The Morgan fingerprint density at radius 1 is 1.15 bits per heavy atom. The summed E-state index contributed by atoms with van der Waals surface area (Å²) in [6.45, 7) is 2.92. The van der Waals surface area contributed by atoms with Crippen molar-refractivity contribution >= 4 is 11.4 Å². The zero-order valence-corrected chi connectivity index (χ0v) is 14.9. The molecule has 3 aromatic rings. The number of aromatic amines is 1. The number of non-ortho nitro benzene ring substituents is 1. The summed E-state index contributed by atoms with van der Waals surface area (Å²) in [6, 6.07) is 6.83. The van der Waals surface area contributed by atoms with Gasteiger partial charge in [-0.15, -0.1) is 0 Å². The molecule has 0 radical (unpaired) electrons. The normalized spacial score (nSPS) is 14.4. The molecule has 4 rings (SSSR count). The van der Waals surface area contributed by atoms with Gasteiger partial charge in [-0.25, -0.2) is 9.97 Å². The zero-order valence-electron chi connectivity index (χ0n) is 14.9. The van der Waals surface area contributed by atoms with Gasteiger partial charge in [-0.1, -0.05) is 0 Å². The topological polar surface area (TPSA) is 119 Å². The van der Waals surface area contributed by atoms with Gasteiger partial charge in [0.1, 0.15) is 25.3 Å². The number of H-pyrrole nitrogens is 1. The third kappa shape index (κ3) is 5.59. The van der Waals surface area contributed by atoms with Crippen molar-refractivity contribution in [3.8, 4) is 0 Å². The molecule has 27 heavy (non-hydrogen) atoms. The van der Waals surface area contributed by atoms with E-state index < -0.39 is 0 Å². The molecule has 0 saturated carbocycles. The van der Waals surface area contributed by atoms with Crippen LogP contribution in [0.4, 0.5) is 11.4 Å². The van der Waals surface area contributed by atoms with Crippen molar-refractivity contribution in [2.45, 2.75) is 25.8 Å². The highest BCUT2D eigenvalue weighted by Crippen LogP contribution is 2.26. The van der Waals surface area contributed by atoms with Gasteiger partial charge in [0.25, 0.3) is 5.69 Å². The second-order valence-corrected chi connectivity index (χ2v) is 6.30. The molecule has 1 aliphatic heterocycles. The molecule has 142 valence electrons. The number of rotatable bonds is 5. The molecule has 10 heteroatoms. The number of anilines is 1. The van der Waals surface area contributed by atoms with E-state index in [1.807, 2.05) is 16.8 Å². The number of nitro groups is 1. The number of hydrogen-bond acceptors (Lipinski definition) is 7. The molecule has 1 N–H and O–H groups in total. The second kappa shape index (κ2) is 9.41. The molecular formula is C17H22N8O2. The maximum atomic E-state index is 10.7. The van der Waals surface area contributed by atoms with Crippen LogP contribution in [0.3, 0.4) is 0 Å². The van der Waals surface area contributed by atoms with E-state index in [2.05, 4.69) is 30.2 Å². The average molecular weight is 370 g/mol. The van der Waals surface area contributed by atoms with Crippen molar-refractivity contribution in [2.75, 3.05) is 18.0 Å². The Kier molecular flexibility index (Phi) is 6.45. The molecular weight excluding hydrogens is 348 g/mol. The SMILES string of the molecule is O=[N+]([O-])c1ccc(N2CCC(CCn3cncn3)CC2)cc1.c1nc[nH]n1. The lowest BCUT2D eigenvalue weighted by atomic mass is 9.93. The van der Waals surface area contributed by atoms with Gasteiger partial charge in [0.15, 0.2) is 0 Å². The maximum absolute atomic E-state index is 10.7. The summed E-state index contributed by atoms with van der Waals surface area (Å²) in [7, 11) is 0. The molecule has 1 saturated heterocycles. The second-order valence-electron chi connectivity index (χ2n) is 6.30. The highest BCUT2D eigenvalue weighted by molar-refractivity contribution is 5.51. The van der Waals surface area contributed by atoms with Crippen LogP contribution in [0, 0.1) is 16.0 Å². The van der Waals surface area contributed by atoms with Crippen molar-refractivity contribution in [3.63, 3.8) is 0 Å². The van der Waals surface area contributed by atoms with Gasteiger partial charge >= 0.3 is 0 Å². The molecule has 0 atom stereocenters. The average Bonchev–Trinajstić information content (AvgIpc) is 3.43. The van der Waals surface area contributed by atoms with Crippen molar-refractivity contribution in [1.82, 2.24) is 29.9 Å². The number of piperidine rings is 1. The molecule has 0 spiro atoms. The lowest BCUT2D eigenvalue weighted by Crippen LogP contribution is -2.33. The standard InChI is InChI=1S/C15H19N5O2.C2H3N3/c21-20(22)15-3-1-14(2-4-15)18-8-5-13(6-9-18)7-10-19-12-16-11-17-19;1-3-2-5-4-1/h1-4,11-13H,5-10H2;1-2H,(H,3,4,5). The number of nitrogens with one attached hydrogen (secondary N) is 1. The Bertz CT molecular complexity index is 764. The summed E-state index contributed by atoms with van der Waals surface area (Å²) in [5.41, 5.74) is 1.21. The van der Waals surface area contributed by atoms with E-state index in [1.54, 1.807) is 24.8 Å². The summed E-state index contributed by atoms with van der Waals surface area (Å²) >= 11 is 0. The predicted molar refractivity (Wildman–Crippen MR) is 99.1 cm³/mol. The summed E-state index contributed by atoms with van der Waals surface area (Å²) in [5, 5.41) is 20.8. The molecule has 1 aliphatic rings. The number of benzene rings is 1. The molecule has 1 fully saturated rings. The summed E-state index contributed by atoms with van der Waals surface area (Å²) in [5.74, 6) is 0.707. The van der Waals surface area contributed by atoms with E-state index in [9.17, 15) is 10.1 Å². The number of nitro benzene ring substituents is 1. The van der Waals surface area contributed by atoms with Crippen LogP contribution in [-0.2, 0) is 6.54 Å². The van der Waals surface area contributed by atoms with Gasteiger partial charge < -0.3 is 4.90 Å². The molecule has 0 unspecified atom stereocenters. The fraction of sp³-hybridized carbons (Fsp3) is 0.412. The van der Waals surface area contributed by atoms with Gasteiger partial charge in [0.2, 0.25) is 0 Å². The Hall–Kier alpha value is -3.30.